The highest BCUT2D eigenvalue weighted by Crippen LogP contribution is 2.17. The Morgan fingerprint density at radius 1 is 1.69 bits per heavy atom. The number of hydrogen-bond donors (Lipinski definition) is 3. The van der Waals surface area contributed by atoms with Crippen molar-refractivity contribution in [2.24, 2.45) is 5.73 Å². The Bertz CT molecular complexity index is 189. The predicted molar refractivity (Wildman–Crippen MR) is 45.1 cm³/mol. The van der Waals surface area contributed by atoms with Crippen LogP contribution in [-0.2, 0) is 9.45 Å². The molecule has 1 aliphatic rings. The monoisotopic (exact) mass is 188 g/mol. The summed E-state index contributed by atoms with van der Waals surface area (Å²) in [7, 11) is -1.84. The molecule has 0 aromatic heterocycles. The maximum atomic E-state index is 11.2. The van der Waals surface area contributed by atoms with Crippen molar-refractivity contribution in [2.45, 2.75) is 19.1 Å². The lowest BCUT2D eigenvalue weighted by molar-refractivity contribution is -0.136. The Labute approximate surface area is 76.4 Å². The van der Waals surface area contributed by atoms with Crippen molar-refractivity contribution in [3.05, 3.63) is 0 Å². The fourth-order valence-electron chi connectivity index (χ4n) is 1.42. The van der Waals surface area contributed by atoms with Gasteiger partial charge in [-0.1, -0.05) is 0 Å². The first kappa shape index (κ1) is 10.5. The predicted octanol–water partition coefficient (Wildman–Crippen LogP) is -2.12. The molecule has 74 valence electrons. The van der Waals surface area contributed by atoms with Gasteiger partial charge in [-0.2, -0.15) is 0 Å². The highest BCUT2D eigenvalue weighted by molar-refractivity contribution is 6.32. The molecule has 1 heterocycles. The molecule has 7 heteroatoms. The Balaban J connectivity index is 2.48. The number of rotatable bonds is 3. The first-order chi connectivity index (χ1) is 6.15. The maximum Gasteiger partial charge on any atom is 0.635 e. The van der Waals surface area contributed by atoms with Crippen molar-refractivity contribution in [1.82, 2.24) is 4.90 Å². The van der Waals surface area contributed by atoms with Gasteiger partial charge in [-0.15, -0.1) is 0 Å². The van der Waals surface area contributed by atoms with Gasteiger partial charge in [0.05, 0.1) is 6.54 Å². The van der Waals surface area contributed by atoms with Crippen LogP contribution < -0.4 is 5.73 Å². The first-order valence-electron chi connectivity index (χ1n) is 4.16. The van der Waals surface area contributed by atoms with Crippen LogP contribution in [0.4, 0.5) is 0 Å². The second kappa shape index (κ2) is 4.57. The highest BCUT2D eigenvalue weighted by atomic mass is 16.6. The molecule has 0 radical (unpaired) electrons. The van der Waals surface area contributed by atoms with Crippen LogP contribution in [0.2, 0.25) is 0 Å². The van der Waals surface area contributed by atoms with Crippen LogP contribution in [0, 0.1) is 0 Å². The van der Waals surface area contributed by atoms with Crippen LogP contribution in [-0.4, -0.2) is 47.5 Å². The fraction of sp³-hybridized carbons (Fsp3) is 0.833. The lowest BCUT2D eigenvalue weighted by Gasteiger charge is -2.24. The standard InChI is InChI=1S/C6H13BN2O4/c8-4-5(10)9-3-1-2-6(9)13-7(11)12/h6,11-12H,1-4,8H2. The third kappa shape index (κ3) is 2.66. The van der Waals surface area contributed by atoms with Crippen molar-refractivity contribution in [1.29, 1.82) is 0 Å². The molecule has 0 aromatic rings. The highest BCUT2D eigenvalue weighted by Gasteiger charge is 2.31. The largest absolute Gasteiger partial charge is 0.635 e. The second-order valence-electron chi connectivity index (χ2n) is 2.85. The molecular weight excluding hydrogens is 175 g/mol. The molecule has 0 aliphatic carbocycles. The molecule has 6 nitrogen and oxygen atoms in total. The minimum absolute atomic E-state index is 0.0820. The Morgan fingerprint density at radius 3 is 2.92 bits per heavy atom. The van der Waals surface area contributed by atoms with Crippen molar-refractivity contribution in [3.8, 4) is 0 Å². The number of nitrogens with two attached hydrogens (primary N) is 1. The average Bonchev–Trinajstić information content (AvgIpc) is 2.50. The fourth-order valence-corrected chi connectivity index (χ4v) is 1.42. The third-order valence-electron chi connectivity index (χ3n) is 1.97. The van der Waals surface area contributed by atoms with Crippen LogP contribution in [0.15, 0.2) is 0 Å². The third-order valence-corrected chi connectivity index (χ3v) is 1.97. The van der Waals surface area contributed by atoms with Gasteiger partial charge in [-0.05, 0) is 12.8 Å². The van der Waals surface area contributed by atoms with Gasteiger partial charge in [0.2, 0.25) is 5.91 Å². The molecule has 1 saturated heterocycles. The van der Waals surface area contributed by atoms with Crippen LogP contribution in [0.25, 0.3) is 0 Å². The zero-order valence-electron chi connectivity index (χ0n) is 7.22. The van der Waals surface area contributed by atoms with E-state index in [4.69, 9.17) is 20.4 Å². The van der Waals surface area contributed by atoms with E-state index in [2.05, 4.69) is 0 Å². The van der Waals surface area contributed by atoms with Crippen LogP contribution in [0.5, 0.6) is 0 Å². The molecule has 1 amide bonds. The quantitative estimate of drug-likeness (QED) is 0.440. The second-order valence-corrected chi connectivity index (χ2v) is 2.85. The van der Waals surface area contributed by atoms with Crippen molar-refractivity contribution >= 4 is 13.2 Å². The Kier molecular flexibility index (Phi) is 3.67. The summed E-state index contributed by atoms with van der Waals surface area (Å²) in [5.41, 5.74) is 5.17. The van der Waals surface area contributed by atoms with E-state index in [1.165, 1.54) is 4.90 Å². The van der Waals surface area contributed by atoms with E-state index < -0.39 is 13.5 Å². The molecule has 0 saturated carbocycles. The minimum Gasteiger partial charge on any atom is -0.402 e. The molecule has 1 rings (SSSR count). The van der Waals surface area contributed by atoms with E-state index >= 15 is 0 Å². The summed E-state index contributed by atoms with van der Waals surface area (Å²) in [6.45, 7) is 0.481. The topological polar surface area (TPSA) is 96.0 Å². The van der Waals surface area contributed by atoms with Crippen LogP contribution in [0.3, 0.4) is 0 Å². The molecule has 0 aromatic carbocycles. The normalized spacial score (nSPS) is 22.1. The molecule has 13 heavy (non-hydrogen) atoms. The van der Waals surface area contributed by atoms with Gasteiger partial charge >= 0.3 is 7.32 Å². The van der Waals surface area contributed by atoms with E-state index in [1.807, 2.05) is 0 Å². The molecule has 1 atom stereocenters. The number of carbonyl (C=O) groups is 1. The van der Waals surface area contributed by atoms with Crippen molar-refractivity contribution in [3.63, 3.8) is 0 Å². The SMILES string of the molecule is NCC(=O)N1CCCC1OB(O)O. The summed E-state index contributed by atoms with van der Waals surface area (Å²) >= 11 is 0. The number of hydrogen-bond acceptors (Lipinski definition) is 5. The van der Waals surface area contributed by atoms with E-state index in [0.29, 0.717) is 13.0 Å². The molecular formula is C6H13BN2O4. The van der Waals surface area contributed by atoms with Gasteiger partial charge in [0, 0.05) is 6.54 Å². The molecule has 1 unspecified atom stereocenters. The Morgan fingerprint density at radius 2 is 2.38 bits per heavy atom. The van der Waals surface area contributed by atoms with Gasteiger partial charge in [0.1, 0.15) is 6.23 Å². The summed E-state index contributed by atoms with van der Waals surface area (Å²) in [6.07, 6.45) is 0.864. The van der Waals surface area contributed by atoms with Crippen molar-refractivity contribution < 1.29 is 19.5 Å². The average molecular weight is 188 g/mol. The molecule has 0 bridgehead atoms. The summed E-state index contributed by atoms with van der Waals surface area (Å²) in [5.74, 6) is -0.233. The molecule has 1 fully saturated rings. The Hall–Kier alpha value is -0.625. The smallest absolute Gasteiger partial charge is 0.402 e. The van der Waals surface area contributed by atoms with Crippen LogP contribution >= 0.6 is 0 Å². The number of nitrogens with zero attached hydrogens (tertiary/aromatic N) is 1. The molecule has 4 N–H and O–H groups in total. The minimum atomic E-state index is -1.84. The summed E-state index contributed by atoms with van der Waals surface area (Å²) in [5, 5.41) is 17.1. The van der Waals surface area contributed by atoms with Crippen molar-refractivity contribution in [2.75, 3.05) is 13.1 Å². The first-order valence-corrected chi connectivity index (χ1v) is 4.16. The zero-order chi connectivity index (χ0) is 9.84. The van der Waals surface area contributed by atoms with Gasteiger partial charge in [0.15, 0.2) is 0 Å². The number of amides is 1. The van der Waals surface area contributed by atoms with Gasteiger partial charge in [0.25, 0.3) is 0 Å². The molecule has 1 aliphatic heterocycles. The van der Waals surface area contributed by atoms with E-state index in [0.717, 1.165) is 6.42 Å². The van der Waals surface area contributed by atoms with E-state index in [-0.39, 0.29) is 12.5 Å². The number of carbonyl (C=O) groups excluding carboxylic acids is 1. The van der Waals surface area contributed by atoms with Gasteiger partial charge in [-0.25, -0.2) is 0 Å². The van der Waals surface area contributed by atoms with Gasteiger partial charge in [-0.3, -0.25) is 4.79 Å². The maximum absolute atomic E-state index is 11.2. The van der Waals surface area contributed by atoms with Crippen LogP contribution in [0.1, 0.15) is 12.8 Å². The number of likely N-dealkylation sites (tertiary alicyclic amines) is 1. The molecule has 0 spiro atoms. The zero-order valence-corrected chi connectivity index (χ0v) is 7.22. The summed E-state index contributed by atoms with van der Waals surface area (Å²) in [6, 6.07) is 0. The summed E-state index contributed by atoms with van der Waals surface area (Å²) < 4.78 is 4.71. The lowest BCUT2D eigenvalue weighted by Crippen LogP contribution is -2.43. The lowest BCUT2D eigenvalue weighted by atomic mass is 10.2. The van der Waals surface area contributed by atoms with E-state index in [1.54, 1.807) is 0 Å². The van der Waals surface area contributed by atoms with Gasteiger partial charge < -0.3 is 25.3 Å². The summed E-state index contributed by atoms with van der Waals surface area (Å²) in [4.78, 5) is 12.6. The van der Waals surface area contributed by atoms with E-state index in [9.17, 15) is 4.79 Å².